The first-order valence-corrected chi connectivity index (χ1v) is 6.41. The quantitative estimate of drug-likeness (QED) is 0.805. The predicted octanol–water partition coefficient (Wildman–Crippen LogP) is 3.69. The summed E-state index contributed by atoms with van der Waals surface area (Å²) in [5, 5.41) is 4.73. The van der Waals surface area contributed by atoms with Gasteiger partial charge in [0.2, 0.25) is 0 Å². The highest BCUT2D eigenvalue weighted by atomic mass is 15.3. The van der Waals surface area contributed by atoms with Gasteiger partial charge in [-0.3, -0.25) is 0 Å². The molecule has 0 spiro atoms. The molecule has 0 saturated carbocycles. The summed E-state index contributed by atoms with van der Waals surface area (Å²) in [7, 11) is 0. The van der Waals surface area contributed by atoms with Gasteiger partial charge in [-0.15, -0.1) is 0 Å². The molecule has 2 rings (SSSR count). The van der Waals surface area contributed by atoms with Crippen molar-refractivity contribution in [1.82, 2.24) is 14.8 Å². The van der Waals surface area contributed by atoms with Gasteiger partial charge in [-0.25, -0.2) is 9.67 Å². The number of pyridine rings is 1. The van der Waals surface area contributed by atoms with Gasteiger partial charge >= 0.3 is 0 Å². The summed E-state index contributed by atoms with van der Waals surface area (Å²) >= 11 is 0. The fourth-order valence-electron chi connectivity index (χ4n) is 1.84. The van der Waals surface area contributed by atoms with E-state index < -0.39 is 0 Å². The Morgan fingerprint density at radius 3 is 2.39 bits per heavy atom. The molecule has 0 unspecified atom stereocenters. The minimum Gasteiger partial charge on any atom is -0.237 e. The normalized spacial score (nSPS) is 12.1. The number of rotatable bonds is 2. The van der Waals surface area contributed by atoms with Crippen LogP contribution in [0.1, 0.15) is 51.9 Å². The molecular weight excluding hydrogens is 222 g/mol. The Morgan fingerprint density at radius 1 is 1.17 bits per heavy atom. The molecule has 0 amide bonds. The van der Waals surface area contributed by atoms with Crippen LogP contribution in [0.15, 0.2) is 30.5 Å². The van der Waals surface area contributed by atoms with Gasteiger partial charge in [-0.2, -0.15) is 5.10 Å². The third-order valence-electron chi connectivity index (χ3n) is 2.96. The summed E-state index contributed by atoms with van der Waals surface area (Å²) in [5.74, 6) is 1.31. The Labute approximate surface area is 109 Å². The van der Waals surface area contributed by atoms with Gasteiger partial charge in [0.05, 0.1) is 5.69 Å². The molecule has 0 atom stereocenters. The zero-order valence-electron chi connectivity index (χ0n) is 11.8. The Bertz CT molecular complexity index is 518. The second kappa shape index (κ2) is 4.56. The Hall–Kier alpha value is -1.64. The first-order valence-electron chi connectivity index (χ1n) is 6.41. The van der Waals surface area contributed by atoms with Crippen LogP contribution in [0.5, 0.6) is 0 Å². The molecule has 18 heavy (non-hydrogen) atoms. The first kappa shape index (κ1) is 12.8. The fraction of sp³-hybridized carbons (Fsp3) is 0.467. The molecule has 2 heterocycles. The van der Waals surface area contributed by atoms with Crippen LogP contribution in [0.4, 0.5) is 0 Å². The third kappa shape index (κ3) is 2.45. The highest BCUT2D eigenvalue weighted by Gasteiger charge is 2.21. The molecule has 2 aromatic heterocycles. The molecule has 0 fully saturated rings. The van der Waals surface area contributed by atoms with Gasteiger partial charge in [-0.1, -0.05) is 40.7 Å². The van der Waals surface area contributed by atoms with Gasteiger partial charge < -0.3 is 0 Å². The summed E-state index contributed by atoms with van der Waals surface area (Å²) < 4.78 is 1.96. The van der Waals surface area contributed by atoms with E-state index in [1.165, 1.54) is 5.69 Å². The average molecular weight is 243 g/mol. The highest BCUT2D eigenvalue weighted by molar-refractivity contribution is 5.29. The molecule has 3 heteroatoms. The smallest absolute Gasteiger partial charge is 0.153 e. The van der Waals surface area contributed by atoms with Crippen LogP contribution < -0.4 is 0 Å². The molecule has 2 aromatic rings. The van der Waals surface area contributed by atoms with Crippen LogP contribution >= 0.6 is 0 Å². The van der Waals surface area contributed by atoms with Crippen LogP contribution in [-0.4, -0.2) is 14.8 Å². The van der Waals surface area contributed by atoms with Gasteiger partial charge in [-0.05, 0) is 24.1 Å². The number of hydrogen-bond acceptors (Lipinski definition) is 2. The van der Waals surface area contributed by atoms with Crippen molar-refractivity contribution in [3.63, 3.8) is 0 Å². The second-order valence-electron chi connectivity index (χ2n) is 5.96. The molecule has 3 nitrogen and oxygen atoms in total. The molecule has 0 bridgehead atoms. The lowest BCUT2D eigenvalue weighted by molar-refractivity contribution is 0.558. The van der Waals surface area contributed by atoms with Crippen LogP contribution in [0, 0.1) is 0 Å². The average Bonchev–Trinajstić information content (AvgIpc) is 2.74. The van der Waals surface area contributed by atoms with Crippen molar-refractivity contribution >= 4 is 0 Å². The minimum absolute atomic E-state index is 0.0592. The zero-order chi connectivity index (χ0) is 13.3. The summed E-state index contributed by atoms with van der Waals surface area (Å²) in [5.41, 5.74) is 2.37. The van der Waals surface area contributed by atoms with E-state index in [1.54, 1.807) is 6.20 Å². The van der Waals surface area contributed by atoms with E-state index in [9.17, 15) is 0 Å². The molecule has 96 valence electrons. The SMILES string of the molecule is CC(C)c1cc(C(C)(C)C)nn1-c1ccccn1. The maximum Gasteiger partial charge on any atom is 0.153 e. The fourth-order valence-corrected chi connectivity index (χ4v) is 1.84. The Kier molecular flexibility index (Phi) is 3.24. The third-order valence-corrected chi connectivity index (χ3v) is 2.96. The minimum atomic E-state index is 0.0592. The number of nitrogens with zero attached hydrogens (tertiary/aromatic N) is 3. The lowest BCUT2D eigenvalue weighted by Crippen LogP contribution is -2.13. The van der Waals surface area contributed by atoms with Crippen LogP contribution in [0.25, 0.3) is 5.82 Å². The van der Waals surface area contributed by atoms with Crippen LogP contribution in [0.3, 0.4) is 0 Å². The highest BCUT2D eigenvalue weighted by Crippen LogP contribution is 2.26. The largest absolute Gasteiger partial charge is 0.237 e. The molecule has 0 aliphatic rings. The summed E-state index contributed by atoms with van der Waals surface area (Å²) in [6.07, 6.45) is 1.80. The van der Waals surface area contributed by atoms with Crippen molar-refractivity contribution in [2.45, 2.75) is 46.0 Å². The van der Waals surface area contributed by atoms with Crippen molar-refractivity contribution in [1.29, 1.82) is 0 Å². The van der Waals surface area contributed by atoms with E-state index in [2.05, 4.69) is 45.7 Å². The summed E-state index contributed by atoms with van der Waals surface area (Å²) in [4.78, 5) is 4.39. The van der Waals surface area contributed by atoms with Crippen molar-refractivity contribution in [3.05, 3.63) is 41.9 Å². The van der Waals surface area contributed by atoms with E-state index in [1.807, 2.05) is 22.9 Å². The van der Waals surface area contributed by atoms with E-state index in [-0.39, 0.29) is 5.41 Å². The van der Waals surface area contributed by atoms with Crippen molar-refractivity contribution in [2.24, 2.45) is 0 Å². The topological polar surface area (TPSA) is 30.7 Å². The van der Waals surface area contributed by atoms with E-state index in [0.29, 0.717) is 5.92 Å². The maximum absolute atomic E-state index is 4.73. The molecule has 0 saturated heterocycles. The molecular formula is C15H21N3. The van der Waals surface area contributed by atoms with E-state index in [0.717, 1.165) is 11.5 Å². The van der Waals surface area contributed by atoms with E-state index >= 15 is 0 Å². The van der Waals surface area contributed by atoms with Crippen LogP contribution in [-0.2, 0) is 5.41 Å². The number of hydrogen-bond donors (Lipinski definition) is 0. The summed E-state index contributed by atoms with van der Waals surface area (Å²) in [6.45, 7) is 10.9. The van der Waals surface area contributed by atoms with Gasteiger partial charge in [0, 0.05) is 17.3 Å². The van der Waals surface area contributed by atoms with E-state index in [4.69, 9.17) is 5.10 Å². The van der Waals surface area contributed by atoms with Crippen molar-refractivity contribution in [3.8, 4) is 5.82 Å². The second-order valence-corrected chi connectivity index (χ2v) is 5.96. The standard InChI is InChI=1S/C15H21N3/c1-11(2)12-10-13(15(3,4)5)17-18(12)14-8-6-7-9-16-14/h6-11H,1-5H3. The molecule has 0 aliphatic heterocycles. The Balaban J connectivity index is 2.56. The zero-order valence-corrected chi connectivity index (χ0v) is 11.8. The van der Waals surface area contributed by atoms with Crippen molar-refractivity contribution in [2.75, 3.05) is 0 Å². The van der Waals surface area contributed by atoms with Gasteiger partial charge in [0.1, 0.15) is 0 Å². The predicted molar refractivity (Wildman–Crippen MR) is 74.1 cm³/mol. The van der Waals surface area contributed by atoms with Crippen LogP contribution in [0.2, 0.25) is 0 Å². The lowest BCUT2D eigenvalue weighted by Gasteiger charge is -2.14. The van der Waals surface area contributed by atoms with Gasteiger partial charge in [0.25, 0.3) is 0 Å². The van der Waals surface area contributed by atoms with Crippen molar-refractivity contribution < 1.29 is 0 Å². The monoisotopic (exact) mass is 243 g/mol. The first-order chi connectivity index (χ1) is 8.39. The maximum atomic E-state index is 4.73. The van der Waals surface area contributed by atoms with Gasteiger partial charge in [0.15, 0.2) is 5.82 Å². The Morgan fingerprint density at radius 2 is 1.89 bits per heavy atom. The molecule has 0 aromatic carbocycles. The molecule has 0 radical (unpaired) electrons. The molecule has 0 N–H and O–H groups in total. The summed E-state index contributed by atoms with van der Waals surface area (Å²) in [6, 6.07) is 8.10. The lowest BCUT2D eigenvalue weighted by atomic mass is 9.92. The molecule has 0 aliphatic carbocycles. The number of aromatic nitrogens is 3.